The highest BCUT2D eigenvalue weighted by atomic mass is 16.5. The van der Waals surface area contributed by atoms with Gasteiger partial charge in [-0.25, -0.2) is 0 Å². The van der Waals surface area contributed by atoms with Crippen LogP contribution in [0.2, 0.25) is 0 Å². The number of aliphatic hydroxyl groups is 1. The highest BCUT2D eigenvalue weighted by molar-refractivity contribution is 5.33. The molecule has 1 fully saturated rings. The molecule has 1 aliphatic heterocycles. The van der Waals surface area contributed by atoms with Crippen molar-refractivity contribution in [2.75, 3.05) is 20.2 Å². The van der Waals surface area contributed by atoms with Gasteiger partial charge in [0.2, 0.25) is 0 Å². The summed E-state index contributed by atoms with van der Waals surface area (Å²) >= 11 is 0. The van der Waals surface area contributed by atoms with E-state index >= 15 is 0 Å². The summed E-state index contributed by atoms with van der Waals surface area (Å²) in [7, 11) is 1.69. The number of likely N-dealkylation sites (tertiary alicyclic amines) is 1. The summed E-state index contributed by atoms with van der Waals surface area (Å²) in [5.41, 5.74) is 1.19. The van der Waals surface area contributed by atoms with Gasteiger partial charge in [-0.15, -0.1) is 0 Å². The molecule has 1 aromatic rings. The Labute approximate surface area is 90.3 Å². The number of hydrogen-bond donors (Lipinski definition) is 1. The topological polar surface area (TPSA) is 32.7 Å². The van der Waals surface area contributed by atoms with E-state index in [1.807, 2.05) is 18.2 Å². The van der Waals surface area contributed by atoms with Crippen LogP contribution >= 0.6 is 0 Å². The number of para-hydroxylation sites is 1. The molecule has 82 valence electrons. The van der Waals surface area contributed by atoms with E-state index in [0.29, 0.717) is 0 Å². The molecule has 0 bridgehead atoms. The van der Waals surface area contributed by atoms with E-state index in [-0.39, 0.29) is 6.10 Å². The molecule has 1 N–H and O–H groups in total. The number of aliphatic hydroxyl groups excluding tert-OH is 1. The first-order valence-corrected chi connectivity index (χ1v) is 5.32. The normalized spacial score (nSPS) is 21.9. The average molecular weight is 207 g/mol. The molecule has 1 aliphatic rings. The Morgan fingerprint density at radius 2 is 2.27 bits per heavy atom. The van der Waals surface area contributed by atoms with Crippen LogP contribution in [-0.4, -0.2) is 36.3 Å². The van der Waals surface area contributed by atoms with Gasteiger partial charge in [0.15, 0.2) is 0 Å². The predicted molar refractivity (Wildman–Crippen MR) is 58.9 cm³/mol. The molecule has 15 heavy (non-hydrogen) atoms. The molecule has 0 radical (unpaired) electrons. The minimum absolute atomic E-state index is 0.153. The van der Waals surface area contributed by atoms with Crippen LogP contribution in [0.1, 0.15) is 12.0 Å². The first-order valence-electron chi connectivity index (χ1n) is 5.32. The summed E-state index contributed by atoms with van der Waals surface area (Å²) in [6, 6.07) is 8.04. The zero-order valence-corrected chi connectivity index (χ0v) is 9.02. The summed E-state index contributed by atoms with van der Waals surface area (Å²) in [5, 5.41) is 9.43. The van der Waals surface area contributed by atoms with Gasteiger partial charge in [0.1, 0.15) is 5.75 Å². The largest absolute Gasteiger partial charge is 0.496 e. The van der Waals surface area contributed by atoms with E-state index in [2.05, 4.69) is 11.0 Å². The van der Waals surface area contributed by atoms with E-state index in [9.17, 15) is 5.11 Å². The summed E-state index contributed by atoms with van der Waals surface area (Å²) in [6.07, 6.45) is 0.731. The maximum atomic E-state index is 9.43. The first-order chi connectivity index (χ1) is 7.29. The molecule has 1 heterocycles. The van der Waals surface area contributed by atoms with E-state index in [1.54, 1.807) is 7.11 Å². The van der Waals surface area contributed by atoms with Gasteiger partial charge < -0.3 is 9.84 Å². The fraction of sp³-hybridized carbons (Fsp3) is 0.500. The smallest absolute Gasteiger partial charge is 0.123 e. The van der Waals surface area contributed by atoms with Crippen molar-refractivity contribution in [3.05, 3.63) is 29.8 Å². The number of methoxy groups -OCH3 is 1. The molecule has 1 saturated heterocycles. The van der Waals surface area contributed by atoms with Gasteiger partial charge in [-0.2, -0.15) is 0 Å². The lowest BCUT2D eigenvalue weighted by atomic mass is 10.2. The van der Waals surface area contributed by atoms with Crippen molar-refractivity contribution >= 4 is 0 Å². The Balaban J connectivity index is 2.04. The van der Waals surface area contributed by atoms with Crippen molar-refractivity contribution in [2.45, 2.75) is 19.1 Å². The van der Waals surface area contributed by atoms with Gasteiger partial charge in [0, 0.05) is 25.2 Å². The highest BCUT2D eigenvalue weighted by Gasteiger charge is 2.20. The lowest BCUT2D eigenvalue weighted by molar-refractivity contribution is 0.174. The van der Waals surface area contributed by atoms with E-state index < -0.39 is 0 Å². The highest BCUT2D eigenvalue weighted by Crippen LogP contribution is 2.21. The van der Waals surface area contributed by atoms with Gasteiger partial charge in [0.05, 0.1) is 13.2 Å². The van der Waals surface area contributed by atoms with E-state index in [4.69, 9.17) is 4.74 Å². The second-order valence-corrected chi connectivity index (χ2v) is 3.99. The standard InChI is InChI=1S/C12H17NO2/c1-15-12-5-3-2-4-10(12)8-13-7-6-11(14)9-13/h2-5,11,14H,6-9H2,1H3/t11-/m1/s1. The molecule has 2 rings (SSSR count). The maximum absolute atomic E-state index is 9.43. The van der Waals surface area contributed by atoms with Crippen LogP contribution in [-0.2, 0) is 6.54 Å². The molecule has 1 atom stereocenters. The van der Waals surface area contributed by atoms with Crippen LogP contribution in [0.25, 0.3) is 0 Å². The number of ether oxygens (including phenoxy) is 1. The second kappa shape index (κ2) is 4.64. The van der Waals surface area contributed by atoms with Gasteiger partial charge >= 0.3 is 0 Å². The van der Waals surface area contributed by atoms with Crippen molar-refractivity contribution in [3.63, 3.8) is 0 Å². The van der Waals surface area contributed by atoms with Crippen molar-refractivity contribution in [1.82, 2.24) is 4.90 Å². The summed E-state index contributed by atoms with van der Waals surface area (Å²) in [4.78, 5) is 2.25. The Bertz CT molecular complexity index is 327. The molecule has 0 aromatic heterocycles. The SMILES string of the molecule is COc1ccccc1CN1CC[C@@H](O)C1. The molecule has 0 spiro atoms. The first kappa shape index (κ1) is 10.5. The van der Waals surface area contributed by atoms with Gasteiger partial charge in [-0.1, -0.05) is 18.2 Å². The lowest BCUT2D eigenvalue weighted by Gasteiger charge is -2.16. The molecule has 0 aliphatic carbocycles. The molecule has 1 aromatic carbocycles. The Morgan fingerprint density at radius 1 is 1.47 bits per heavy atom. The quantitative estimate of drug-likeness (QED) is 0.810. The predicted octanol–water partition coefficient (Wildman–Crippen LogP) is 1.26. The van der Waals surface area contributed by atoms with Crippen LogP contribution in [0, 0.1) is 0 Å². The van der Waals surface area contributed by atoms with Crippen LogP contribution in [0.3, 0.4) is 0 Å². The van der Waals surface area contributed by atoms with Crippen molar-refractivity contribution < 1.29 is 9.84 Å². The van der Waals surface area contributed by atoms with Crippen molar-refractivity contribution in [2.24, 2.45) is 0 Å². The Morgan fingerprint density at radius 3 is 2.93 bits per heavy atom. The minimum Gasteiger partial charge on any atom is -0.496 e. The van der Waals surface area contributed by atoms with Crippen molar-refractivity contribution in [1.29, 1.82) is 0 Å². The molecule has 0 saturated carbocycles. The average Bonchev–Trinajstić information content (AvgIpc) is 2.65. The maximum Gasteiger partial charge on any atom is 0.123 e. The van der Waals surface area contributed by atoms with Gasteiger partial charge in [-0.05, 0) is 12.5 Å². The lowest BCUT2D eigenvalue weighted by Crippen LogP contribution is -2.21. The second-order valence-electron chi connectivity index (χ2n) is 3.99. The van der Waals surface area contributed by atoms with Gasteiger partial charge in [0.25, 0.3) is 0 Å². The van der Waals surface area contributed by atoms with Crippen LogP contribution in [0.15, 0.2) is 24.3 Å². The summed E-state index contributed by atoms with van der Waals surface area (Å²) in [6.45, 7) is 2.61. The molecule has 0 amide bonds. The van der Waals surface area contributed by atoms with Crippen LogP contribution in [0.4, 0.5) is 0 Å². The fourth-order valence-corrected chi connectivity index (χ4v) is 2.03. The zero-order valence-electron chi connectivity index (χ0n) is 9.02. The minimum atomic E-state index is -0.153. The zero-order chi connectivity index (χ0) is 10.7. The number of nitrogens with zero attached hydrogens (tertiary/aromatic N) is 1. The third kappa shape index (κ3) is 2.49. The molecule has 3 nitrogen and oxygen atoms in total. The molecular weight excluding hydrogens is 190 g/mol. The number of rotatable bonds is 3. The van der Waals surface area contributed by atoms with Crippen LogP contribution < -0.4 is 4.74 Å². The third-order valence-corrected chi connectivity index (χ3v) is 2.83. The summed E-state index contributed by atoms with van der Waals surface area (Å²) < 4.78 is 5.29. The summed E-state index contributed by atoms with van der Waals surface area (Å²) in [5.74, 6) is 0.930. The Hall–Kier alpha value is -1.06. The van der Waals surface area contributed by atoms with E-state index in [0.717, 1.165) is 31.8 Å². The van der Waals surface area contributed by atoms with E-state index in [1.165, 1.54) is 5.56 Å². The fourth-order valence-electron chi connectivity index (χ4n) is 2.03. The molecule has 0 unspecified atom stereocenters. The van der Waals surface area contributed by atoms with Crippen molar-refractivity contribution in [3.8, 4) is 5.75 Å². The third-order valence-electron chi connectivity index (χ3n) is 2.83. The Kier molecular flexibility index (Phi) is 3.23. The number of hydrogen-bond acceptors (Lipinski definition) is 3. The van der Waals surface area contributed by atoms with Crippen LogP contribution in [0.5, 0.6) is 5.75 Å². The molecular formula is C12H17NO2. The van der Waals surface area contributed by atoms with Gasteiger partial charge in [-0.3, -0.25) is 4.90 Å². The monoisotopic (exact) mass is 207 g/mol. The number of benzene rings is 1. The number of β-amino-alcohol motifs (C(OH)–C–C–N with tert-alkyl or cyclic N) is 1. The molecule has 3 heteroatoms.